The molecule has 1 aromatic heterocycles. The molecule has 3 heterocycles. The quantitative estimate of drug-likeness (QED) is 0.710. The molecule has 2 aliphatic heterocycles. The van der Waals surface area contributed by atoms with E-state index in [2.05, 4.69) is 26.3 Å². The number of carbonyl (C=O) groups excluding carboxylic acids is 2. The molecule has 0 atom stereocenters. The van der Waals surface area contributed by atoms with Crippen LogP contribution in [0.4, 0.5) is 16.4 Å². The number of piperazine rings is 1. The molecule has 3 aliphatic rings. The molecule has 0 radical (unpaired) electrons. The van der Waals surface area contributed by atoms with Gasteiger partial charge in [0.05, 0.1) is 6.61 Å². The highest BCUT2D eigenvalue weighted by Gasteiger charge is 2.27. The third-order valence-corrected chi connectivity index (χ3v) is 6.45. The molecular weight excluding hydrogens is 396 g/mol. The van der Waals surface area contributed by atoms with Crippen LogP contribution in [-0.4, -0.2) is 83.7 Å². The highest BCUT2D eigenvalue weighted by Crippen LogP contribution is 2.28. The van der Waals surface area contributed by atoms with E-state index < -0.39 is 0 Å². The van der Waals surface area contributed by atoms with Crippen LogP contribution in [0.1, 0.15) is 45.4 Å². The van der Waals surface area contributed by atoms with Crippen LogP contribution < -0.4 is 10.2 Å². The van der Waals surface area contributed by atoms with Gasteiger partial charge in [0.1, 0.15) is 18.0 Å². The normalized spacial score (nSPS) is 20.0. The second-order valence-corrected chi connectivity index (χ2v) is 8.72. The highest BCUT2D eigenvalue weighted by molar-refractivity contribution is 5.76. The number of anilines is 2. The van der Waals surface area contributed by atoms with E-state index in [4.69, 9.17) is 4.74 Å². The lowest BCUT2D eigenvalue weighted by Crippen LogP contribution is -2.50. The van der Waals surface area contributed by atoms with Crippen molar-refractivity contribution in [3.05, 3.63) is 12.4 Å². The van der Waals surface area contributed by atoms with Gasteiger partial charge >= 0.3 is 6.09 Å². The summed E-state index contributed by atoms with van der Waals surface area (Å²) in [6, 6.07) is 2.64. The van der Waals surface area contributed by atoms with Crippen molar-refractivity contribution in [2.45, 2.75) is 51.5 Å². The number of amides is 2. The monoisotopic (exact) mass is 430 g/mol. The van der Waals surface area contributed by atoms with Crippen LogP contribution in [0, 0.1) is 5.92 Å². The Morgan fingerprint density at radius 3 is 2.42 bits per heavy atom. The van der Waals surface area contributed by atoms with E-state index in [0.717, 1.165) is 44.0 Å². The summed E-state index contributed by atoms with van der Waals surface area (Å²) in [5.41, 5.74) is 0. The van der Waals surface area contributed by atoms with Crippen LogP contribution in [0.25, 0.3) is 0 Å². The maximum Gasteiger partial charge on any atom is 0.409 e. The lowest BCUT2D eigenvalue weighted by atomic mass is 9.92. The first-order valence-corrected chi connectivity index (χ1v) is 11.7. The fourth-order valence-electron chi connectivity index (χ4n) is 4.33. The highest BCUT2D eigenvalue weighted by atomic mass is 16.6. The van der Waals surface area contributed by atoms with E-state index in [9.17, 15) is 9.59 Å². The lowest BCUT2D eigenvalue weighted by molar-refractivity contribution is -0.133. The topological polar surface area (TPSA) is 90.9 Å². The summed E-state index contributed by atoms with van der Waals surface area (Å²) in [6.45, 7) is 6.43. The van der Waals surface area contributed by atoms with Gasteiger partial charge in [-0.25, -0.2) is 14.8 Å². The fraction of sp³-hybridized carbons (Fsp3) is 0.727. The zero-order chi connectivity index (χ0) is 21.6. The maximum atomic E-state index is 12.6. The molecule has 1 saturated carbocycles. The molecule has 0 aromatic carbocycles. The molecule has 1 N–H and O–H groups in total. The lowest BCUT2D eigenvalue weighted by Gasteiger charge is -2.35. The molecule has 0 unspecified atom stereocenters. The molecular formula is C22H34N6O3. The van der Waals surface area contributed by atoms with Crippen molar-refractivity contribution < 1.29 is 14.3 Å². The number of hydrogen-bond donors (Lipinski definition) is 1. The molecule has 0 bridgehead atoms. The number of rotatable bonds is 7. The number of carbonyl (C=O) groups is 2. The Balaban J connectivity index is 1.16. The number of nitrogens with zero attached hydrogens (tertiary/aromatic N) is 5. The third-order valence-electron chi connectivity index (χ3n) is 6.45. The van der Waals surface area contributed by atoms with Gasteiger partial charge in [0.2, 0.25) is 5.91 Å². The predicted molar refractivity (Wildman–Crippen MR) is 118 cm³/mol. The first-order valence-electron chi connectivity index (χ1n) is 11.7. The van der Waals surface area contributed by atoms with Gasteiger partial charge in [-0.15, -0.1) is 0 Å². The summed E-state index contributed by atoms with van der Waals surface area (Å²) in [5, 5.41) is 3.43. The smallest absolute Gasteiger partial charge is 0.409 e. The Kier molecular flexibility index (Phi) is 7.09. The van der Waals surface area contributed by atoms with Crippen molar-refractivity contribution >= 4 is 23.6 Å². The molecule has 1 aromatic rings. The van der Waals surface area contributed by atoms with Crippen LogP contribution in [0.2, 0.25) is 0 Å². The second kappa shape index (κ2) is 10.2. The number of ether oxygens (including phenoxy) is 1. The summed E-state index contributed by atoms with van der Waals surface area (Å²) in [4.78, 5) is 39.1. The summed E-state index contributed by atoms with van der Waals surface area (Å²) < 4.78 is 5.04. The van der Waals surface area contributed by atoms with Gasteiger partial charge in [-0.1, -0.05) is 0 Å². The van der Waals surface area contributed by atoms with Crippen LogP contribution in [0.15, 0.2) is 12.4 Å². The van der Waals surface area contributed by atoms with E-state index in [1.54, 1.807) is 18.2 Å². The van der Waals surface area contributed by atoms with Crippen molar-refractivity contribution in [1.82, 2.24) is 19.8 Å². The minimum atomic E-state index is -0.277. The standard InChI is InChI=1S/C22H34N6O3/c1-2-31-22(30)28-13-11-27(12-14-28)21(29)6-3-17-7-9-26(10-8-17)20-15-19(23-16-24-20)25-18-4-5-18/h15-18H,2-14H2,1H3,(H,23,24,25). The van der Waals surface area contributed by atoms with Gasteiger partial charge in [0, 0.05) is 57.8 Å². The Labute approximate surface area is 184 Å². The van der Waals surface area contributed by atoms with Crippen molar-refractivity contribution in [1.29, 1.82) is 0 Å². The van der Waals surface area contributed by atoms with Crippen LogP contribution in [0.3, 0.4) is 0 Å². The molecule has 2 amide bonds. The van der Waals surface area contributed by atoms with Crippen molar-refractivity contribution in [2.75, 3.05) is 56.1 Å². The SMILES string of the molecule is CCOC(=O)N1CCN(C(=O)CCC2CCN(c3cc(NC4CC4)ncn3)CC2)CC1. The average molecular weight is 431 g/mol. The molecule has 0 spiro atoms. The number of aromatic nitrogens is 2. The van der Waals surface area contributed by atoms with Crippen LogP contribution in [-0.2, 0) is 9.53 Å². The van der Waals surface area contributed by atoms with E-state index in [1.165, 1.54) is 12.8 Å². The Hall–Kier alpha value is -2.58. The van der Waals surface area contributed by atoms with E-state index in [-0.39, 0.29) is 12.0 Å². The summed E-state index contributed by atoms with van der Waals surface area (Å²) in [6.07, 6.45) is 7.51. The zero-order valence-corrected chi connectivity index (χ0v) is 18.5. The molecule has 170 valence electrons. The van der Waals surface area contributed by atoms with Gasteiger partial charge in [0.25, 0.3) is 0 Å². The number of piperidine rings is 1. The maximum absolute atomic E-state index is 12.6. The Morgan fingerprint density at radius 2 is 1.74 bits per heavy atom. The predicted octanol–water partition coefficient (Wildman–Crippen LogP) is 2.35. The Bertz CT molecular complexity index is 755. The van der Waals surface area contributed by atoms with Gasteiger partial charge in [-0.2, -0.15) is 0 Å². The molecule has 4 rings (SSSR count). The first kappa shape index (κ1) is 21.6. The van der Waals surface area contributed by atoms with Gasteiger partial charge in [0.15, 0.2) is 0 Å². The summed E-state index contributed by atoms with van der Waals surface area (Å²) in [5.74, 6) is 2.69. The molecule has 9 heteroatoms. The average Bonchev–Trinajstić information content (AvgIpc) is 3.62. The molecule has 2 saturated heterocycles. The van der Waals surface area contributed by atoms with Gasteiger partial charge in [-0.05, 0) is 44.9 Å². The second-order valence-electron chi connectivity index (χ2n) is 8.72. The van der Waals surface area contributed by atoms with E-state index in [0.29, 0.717) is 51.2 Å². The van der Waals surface area contributed by atoms with Crippen molar-refractivity contribution in [3.63, 3.8) is 0 Å². The van der Waals surface area contributed by atoms with Crippen molar-refractivity contribution in [3.8, 4) is 0 Å². The third kappa shape index (κ3) is 5.98. The van der Waals surface area contributed by atoms with Gasteiger partial charge < -0.3 is 24.8 Å². The summed E-state index contributed by atoms with van der Waals surface area (Å²) in [7, 11) is 0. The number of hydrogen-bond acceptors (Lipinski definition) is 7. The molecule has 31 heavy (non-hydrogen) atoms. The zero-order valence-electron chi connectivity index (χ0n) is 18.5. The minimum absolute atomic E-state index is 0.206. The van der Waals surface area contributed by atoms with Crippen LogP contribution in [0.5, 0.6) is 0 Å². The largest absolute Gasteiger partial charge is 0.450 e. The summed E-state index contributed by atoms with van der Waals surface area (Å²) >= 11 is 0. The molecule has 9 nitrogen and oxygen atoms in total. The Morgan fingerprint density at radius 1 is 1.03 bits per heavy atom. The van der Waals surface area contributed by atoms with Gasteiger partial charge in [-0.3, -0.25) is 4.79 Å². The molecule has 1 aliphatic carbocycles. The first-order chi connectivity index (χ1) is 15.1. The molecule has 3 fully saturated rings. The van der Waals surface area contributed by atoms with E-state index in [1.807, 2.05) is 4.90 Å². The van der Waals surface area contributed by atoms with E-state index >= 15 is 0 Å². The number of nitrogens with one attached hydrogen (secondary N) is 1. The van der Waals surface area contributed by atoms with Crippen LogP contribution >= 0.6 is 0 Å². The fourth-order valence-corrected chi connectivity index (χ4v) is 4.33. The minimum Gasteiger partial charge on any atom is -0.450 e. The van der Waals surface area contributed by atoms with Crippen molar-refractivity contribution in [2.24, 2.45) is 5.92 Å².